The first-order chi connectivity index (χ1) is 6.24. The van der Waals surface area contributed by atoms with Gasteiger partial charge in [0.2, 0.25) is 5.91 Å². The van der Waals surface area contributed by atoms with E-state index in [4.69, 9.17) is 5.73 Å². The van der Waals surface area contributed by atoms with Crippen LogP contribution in [-0.2, 0) is 4.79 Å². The van der Waals surface area contributed by atoms with Crippen LogP contribution in [0.1, 0.15) is 13.3 Å². The number of piperidine rings is 1. The summed E-state index contributed by atoms with van der Waals surface area (Å²) < 4.78 is 0. The zero-order valence-corrected chi connectivity index (χ0v) is 9.14. The van der Waals surface area contributed by atoms with Gasteiger partial charge in [0.1, 0.15) is 0 Å². The molecule has 4 N–H and O–H groups in total. The maximum atomic E-state index is 11.4. The second kappa shape index (κ2) is 4.47. The number of carbonyl (C=O) groups is 1. The van der Waals surface area contributed by atoms with Crippen LogP contribution in [0.5, 0.6) is 0 Å². The van der Waals surface area contributed by atoms with Crippen molar-refractivity contribution in [2.24, 2.45) is 17.6 Å². The zero-order valence-electron chi connectivity index (χ0n) is 8.32. The van der Waals surface area contributed by atoms with E-state index < -0.39 is 0 Å². The molecular formula is C9H18ClN3O. The first-order valence-corrected chi connectivity index (χ1v) is 5.00. The van der Waals surface area contributed by atoms with E-state index in [0.717, 1.165) is 13.1 Å². The molecule has 0 aromatic heterocycles. The highest BCUT2D eigenvalue weighted by atomic mass is 35.5. The molecule has 0 bridgehead atoms. The molecule has 2 unspecified atom stereocenters. The lowest BCUT2D eigenvalue weighted by Crippen LogP contribution is -2.43. The fourth-order valence-corrected chi connectivity index (χ4v) is 2.09. The molecule has 1 aliphatic heterocycles. The van der Waals surface area contributed by atoms with Crippen molar-refractivity contribution in [3.05, 3.63) is 0 Å². The molecule has 2 fully saturated rings. The third-order valence-electron chi connectivity index (χ3n) is 3.18. The normalized spacial score (nSPS) is 35.4. The number of hydrogen-bond acceptors (Lipinski definition) is 3. The molecule has 14 heavy (non-hydrogen) atoms. The van der Waals surface area contributed by atoms with E-state index in [0.29, 0.717) is 24.3 Å². The largest absolute Gasteiger partial charge is 0.351 e. The maximum Gasteiger partial charge on any atom is 0.237 e. The quantitative estimate of drug-likeness (QED) is 0.599. The van der Waals surface area contributed by atoms with Gasteiger partial charge in [0, 0.05) is 19.1 Å². The Bertz CT molecular complexity index is 214. The Morgan fingerprint density at radius 3 is 2.64 bits per heavy atom. The average molecular weight is 220 g/mol. The standard InChI is InChI=1S/C9H17N3O.ClH/c1-2-7(10)9(13)12-8-5-3-11-4-6(5)8;/h5-8,11H,2-4,10H2,1H3,(H,12,13);1H/t5-,6+,7?,8?;. The number of nitrogens with two attached hydrogens (primary N) is 1. The highest BCUT2D eigenvalue weighted by Crippen LogP contribution is 2.41. The van der Waals surface area contributed by atoms with Crippen molar-refractivity contribution in [3.8, 4) is 0 Å². The molecule has 5 heteroatoms. The number of fused-ring (bicyclic) bond motifs is 1. The second-order valence-electron chi connectivity index (χ2n) is 4.04. The summed E-state index contributed by atoms with van der Waals surface area (Å²) in [4.78, 5) is 11.4. The summed E-state index contributed by atoms with van der Waals surface area (Å²) >= 11 is 0. The van der Waals surface area contributed by atoms with E-state index in [2.05, 4.69) is 10.6 Å². The van der Waals surface area contributed by atoms with Gasteiger partial charge < -0.3 is 16.4 Å². The number of carbonyl (C=O) groups excluding carboxylic acids is 1. The molecule has 1 aliphatic carbocycles. The summed E-state index contributed by atoms with van der Waals surface area (Å²) in [5, 5.41) is 6.29. The Morgan fingerprint density at radius 1 is 1.57 bits per heavy atom. The molecule has 1 amide bonds. The second-order valence-corrected chi connectivity index (χ2v) is 4.04. The smallest absolute Gasteiger partial charge is 0.237 e. The van der Waals surface area contributed by atoms with Crippen LogP contribution < -0.4 is 16.4 Å². The number of hydrogen-bond donors (Lipinski definition) is 3. The van der Waals surface area contributed by atoms with E-state index in [1.807, 2.05) is 6.92 Å². The minimum atomic E-state index is -0.325. The molecule has 4 atom stereocenters. The lowest BCUT2D eigenvalue weighted by molar-refractivity contribution is -0.122. The molecule has 0 aromatic carbocycles. The number of amides is 1. The van der Waals surface area contributed by atoms with Gasteiger partial charge >= 0.3 is 0 Å². The highest BCUT2D eigenvalue weighted by molar-refractivity contribution is 5.85. The van der Waals surface area contributed by atoms with Gasteiger partial charge in [-0.15, -0.1) is 12.4 Å². The minimum absolute atomic E-state index is 0. The molecule has 1 saturated heterocycles. The fraction of sp³-hybridized carbons (Fsp3) is 0.889. The monoisotopic (exact) mass is 219 g/mol. The predicted octanol–water partition coefficient (Wildman–Crippen LogP) is -0.520. The van der Waals surface area contributed by atoms with Crippen molar-refractivity contribution >= 4 is 18.3 Å². The highest BCUT2D eigenvalue weighted by Gasteiger charge is 2.53. The lowest BCUT2D eigenvalue weighted by Gasteiger charge is -2.11. The SMILES string of the molecule is CCC(N)C(=O)NC1[C@H]2CNC[C@@H]12.Cl. The van der Waals surface area contributed by atoms with Crippen LogP contribution in [-0.4, -0.2) is 31.1 Å². The van der Waals surface area contributed by atoms with Gasteiger partial charge in [-0.3, -0.25) is 4.79 Å². The summed E-state index contributed by atoms with van der Waals surface area (Å²) in [5.41, 5.74) is 5.62. The van der Waals surface area contributed by atoms with Crippen LogP contribution in [0, 0.1) is 11.8 Å². The van der Waals surface area contributed by atoms with E-state index >= 15 is 0 Å². The Morgan fingerprint density at radius 2 is 2.14 bits per heavy atom. The van der Waals surface area contributed by atoms with Crippen LogP contribution >= 0.6 is 12.4 Å². The molecule has 82 valence electrons. The lowest BCUT2D eigenvalue weighted by atomic mass is 10.2. The van der Waals surface area contributed by atoms with E-state index in [-0.39, 0.29) is 24.4 Å². The van der Waals surface area contributed by atoms with Crippen molar-refractivity contribution in [3.63, 3.8) is 0 Å². The molecular weight excluding hydrogens is 202 g/mol. The van der Waals surface area contributed by atoms with E-state index in [9.17, 15) is 4.79 Å². The number of halogens is 1. The van der Waals surface area contributed by atoms with Crippen molar-refractivity contribution < 1.29 is 4.79 Å². The number of nitrogens with one attached hydrogen (secondary N) is 2. The Hall–Kier alpha value is -0.320. The van der Waals surface area contributed by atoms with Crippen LogP contribution in [0.15, 0.2) is 0 Å². The summed E-state index contributed by atoms with van der Waals surface area (Å²) in [6.07, 6.45) is 0.714. The van der Waals surface area contributed by atoms with Gasteiger partial charge in [-0.25, -0.2) is 0 Å². The molecule has 1 saturated carbocycles. The van der Waals surface area contributed by atoms with Gasteiger partial charge in [-0.1, -0.05) is 6.92 Å². The molecule has 0 radical (unpaired) electrons. The van der Waals surface area contributed by atoms with Gasteiger partial charge in [0.25, 0.3) is 0 Å². The molecule has 1 heterocycles. The summed E-state index contributed by atoms with van der Waals surface area (Å²) in [6, 6.07) is 0.0839. The van der Waals surface area contributed by atoms with Crippen molar-refractivity contribution in [1.29, 1.82) is 0 Å². The van der Waals surface area contributed by atoms with Crippen molar-refractivity contribution in [1.82, 2.24) is 10.6 Å². The Balaban J connectivity index is 0.000000980. The Labute approximate surface area is 90.4 Å². The predicted molar refractivity (Wildman–Crippen MR) is 57.3 cm³/mol. The molecule has 0 aromatic rings. The van der Waals surface area contributed by atoms with Crippen molar-refractivity contribution in [2.75, 3.05) is 13.1 Å². The first kappa shape index (κ1) is 11.8. The molecule has 4 nitrogen and oxygen atoms in total. The third kappa shape index (κ3) is 2.02. The number of rotatable bonds is 3. The van der Waals surface area contributed by atoms with Crippen molar-refractivity contribution in [2.45, 2.75) is 25.4 Å². The average Bonchev–Trinajstić information content (AvgIpc) is 2.63. The zero-order chi connectivity index (χ0) is 9.42. The summed E-state index contributed by atoms with van der Waals surface area (Å²) in [6.45, 7) is 4.04. The van der Waals surface area contributed by atoms with E-state index in [1.54, 1.807) is 0 Å². The van der Waals surface area contributed by atoms with Crippen LogP contribution in [0.25, 0.3) is 0 Å². The van der Waals surface area contributed by atoms with Gasteiger partial charge in [-0.05, 0) is 18.3 Å². The van der Waals surface area contributed by atoms with Crippen LogP contribution in [0.4, 0.5) is 0 Å². The van der Waals surface area contributed by atoms with Gasteiger partial charge in [-0.2, -0.15) is 0 Å². The molecule has 0 spiro atoms. The summed E-state index contributed by atoms with van der Waals surface area (Å²) in [7, 11) is 0. The first-order valence-electron chi connectivity index (χ1n) is 5.00. The van der Waals surface area contributed by atoms with Crippen LogP contribution in [0.2, 0.25) is 0 Å². The third-order valence-corrected chi connectivity index (χ3v) is 3.18. The molecule has 2 rings (SSSR count). The molecule has 2 aliphatic rings. The van der Waals surface area contributed by atoms with Gasteiger partial charge in [0.15, 0.2) is 0 Å². The fourth-order valence-electron chi connectivity index (χ4n) is 2.09. The van der Waals surface area contributed by atoms with E-state index in [1.165, 1.54) is 0 Å². The maximum absolute atomic E-state index is 11.4. The van der Waals surface area contributed by atoms with Gasteiger partial charge in [0.05, 0.1) is 6.04 Å². The summed E-state index contributed by atoms with van der Waals surface area (Å²) in [5.74, 6) is 1.36. The van der Waals surface area contributed by atoms with Crippen LogP contribution in [0.3, 0.4) is 0 Å². The minimum Gasteiger partial charge on any atom is -0.351 e. The Kier molecular flexibility index (Phi) is 3.75. The topological polar surface area (TPSA) is 67.2 Å².